The molecule has 0 saturated carbocycles. The molecule has 0 aliphatic rings. The predicted molar refractivity (Wildman–Crippen MR) is 75.3 cm³/mol. The van der Waals surface area contributed by atoms with Crippen LogP contribution in [0.2, 0.25) is 5.02 Å². The standard InChI is InChI=1S/C12H19ClN2OS/c13-11-4-5-12(15-10-11)16-8-3-1-2-6-14-7-9-17/h4-5,10,14,17H,1-3,6-9H2. The number of aromatic nitrogens is 1. The van der Waals surface area contributed by atoms with Gasteiger partial charge in [0, 0.05) is 24.6 Å². The Balaban J connectivity index is 1.95. The number of rotatable bonds is 9. The summed E-state index contributed by atoms with van der Waals surface area (Å²) < 4.78 is 5.49. The lowest BCUT2D eigenvalue weighted by Gasteiger charge is -2.05. The van der Waals surface area contributed by atoms with Gasteiger partial charge in [-0.3, -0.25) is 0 Å². The van der Waals surface area contributed by atoms with Crippen molar-refractivity contribution in [1.29, 1.82) is 0 Å². The smallest absolute Gasteiger partial charge is 0.213 e. The third kappa shape index (κ3) is 7.47. The van der Waals surface area contributed by atoms with Gasteiger partial charge >= 0.3 is 0 Å². The van der Waals surface area contributed by atoms with Crippen molar-refractivity contribution in [3.63, 3.8) is 0 Å². The van der Waals surface area contributed by atoms with Crippen molar-refractivity contribution in [2.45, 2.75) is 19.3 Å². The van der Waals surface area contributed by atoms with E-state index in [1.807, 2.05) is 0 Å². The number of hydrogen-bond acceptors (Lipinski definition) is 4. The molecule has 0 unspecified atom stereocenters. The van der Waals surface area contributed by atoms with Crippen LogP contribution in [0.4, 0.5) is 0 Å². The minimum absolute atomic E-state index is 0.632. The van der Waals surface area contributed by atoms with Gasteiger partial charge in [-0.15, -0.1) is 0 Å². The van der Waals surface area contributed by atoms with Crippen LogP contribution in [-0.4, -0.2) is 30.4 Å². The van der Waals surface area contributed by atoms with E-state index < -0.39 is 0 Å². The van der Waals surface area contributed by atoms with Gasteiger partial charge in [-0.25, -0.2) is 4.98 Å². The molecule has 0 atom stereocenters. The average Bonchev–Trinajstić information content (AvgIpc) is 2.35. The summed E-state index contributed by atoms with van der Waals surface area (Å²) in [6, 6.07) is 3.57. The van der Waals surface area contributed by atoms with Crippen LogP contribution < -0.4 is 10.1 Å². The van der Waals surface area contributed by atoms with Crippen LogP contribution in [0.3, 0.4) is 0 Å². The van der Waals surface area contributed by atoms with E-state index in [2.05, 4.69) is 22.9 Å². The van der Waals surface area contributed by atoms with Crippen molar-refractivity contribution in [3.8, 4) is 5.88 Å². The molecule has 17 heavy (non-hydrogen) atoms. The highest BCUT2D eigenvalue weighted by atomic mass is 35.5. The van der Waals surface area contributed by atoms with Crippen molar-refractivity contribution in [1.82, 2.24) is 10.3 Å². The van der Waals surface area contributed by atoms with Crippen LogP contribution in [0.15, 0.2) is 18.3 Å². The zero-order valence-corrected chi connectivity index (χ0v) is 11.5. The van der Waals surface area contributed by atoms with E-state index >= 15 is 0 Å². The molecular formula is C12H19ClN2OS. The lowest BCUT2D eigenvalue weighted by Crippen LogP contribution is -2.17. The summed E-state index contributed by atoms with van der Waals surface area (Å²) in [5, 5.41) is 3.94. The maximum absolute atomic E-state index is 5.73. The molecule has 1 rings (SSSR count). The third-order valence-corrected chi connectivity index (χ3v) is 2.68. The number of pyridine rings is 1. The highest BCUT2D eigenvalue weighted by molar-refractivity contribution is 7.80. The van der Waals surface area contributed by atoms with Gasteiger partial charge in [0.2, 0.25) is 5.88 Å². The molecule has 1 N–H and O–H groups in total. The van der Waals surface area contributed by atoms with Crippen molar-refractivity contribution in [2.75, 3.05) is 25.4 Å². The van der Waals surface area contributed by atoms with E-state index in [1.54, 1.807) is 18.3 Å². The first kappa shape index (κ1) is 14.6. The molecule has 0 aromatic carbocycles. The Morgan fingerprint density at radius 3 is 2.82 bits per heavy atom. The van der Waals surface area contributed by atoms with Gasteiger partial charge in [-0.05, 0) is 31.9 Å². The number of thiol groups is 1. The maximum Gasteiger partial charge on any atom is 0.213 e. The predicted octanol–water partition coefficient (Wildman–Crippen LogP) is 2.80. The molecule has 3 nitrogen and oxygen atoms in total. The molecule has 0 aliphatic carbocycles. The SMILES string of the molecule is SCCNCCCCCOc1ccc(Cl)cn1. The summed E-state index contributed by atoms with van der Waals surface area (Å²) >= 11 is 9.85. The molecular weight excluding hydrogens is 256 g/mol. The topological polar surface area (TPSA) is 34.1 Å². The molecule has 0 spiro atoms. The Hall–Kier alpha value is -0.450. The quantitative estimate of drug-likeness (QED) is 0.537. The second-order valence-electron chi connectivity index (χ2n) is 3.70. The number of hydrogen-bond donors (Lipinski definition) is 2. The monoisotopic (exact) mass is 274 g/mol. The van der Waals surface area contributed by atoms with Gasteiger partial charge in [-0.1, -0.05) is 11.6 Å². The lowest BCUT2D eigenvalue weighted by molar-refractivity contribution is 0.294. The second kappa shape index (κ2) is 9.57. The molecule has 1 aromatic heterocycles. The van der Waals surface area contributed by atoms with Crippen LogP contribution in [0.25, 0.3) is 0 Å². The van der Waals surface area contributed by atoms with Gasteiger partial charge in [0.05, 0.1) is 11.6 Å². The van der Waals surface area contributed by atoms with Gasteiger partial charge in [0.1, 0.15) is 0 Å². The first-order chi connectivity index (χ1) is 8.33. The third-order valence-electron chi connectivity index (χ3n) is 2.24. The Morgan fingerprint density at radius 1 is 1.24 bits per heavy atom. The molecule has 1 aromatic rings. The van der Waals surface area contributed by atoms with Crippen molar-refractivity contribution in [3.05, 3.63) is 23.4 Å². The van der Waals surface area contributed by atoms with E-state index in [9.17, 15) is 0 Å². The largest absolute Gasteiger partial charge is 0.478 e. The second-order valence-corrected chi connectivity index (χ2v) is 4.58. The molecule has 96 valence electrons. The fraction of sp³-hybridized carbons (Fsp3) is 0.583. The zero-order chi connectivity index (χ0) is 12.3. The highest BCUT2D eigenvalue weighted by Crippen LogP contribution is 2.11. The van der Waals surface area contributed by atoms with Crippen LogP contribution in [0.1, 0.15) is 19.3 Å². The van der Waals surface area contributed by atoms with Crippen molar-refractivity contribution in [2.24, 2.45) is 0 Å². The summed E-state index contributed by atoms with van der Waals surface area (Å²) in [4.78, 5) is 4.06. The molecule has 0 amide bonds. The van der Waals surface area contributed by atoms with Crippen molar-refractivity contribution >= 4 is 24.2 Å². The minimum atomic E-state index is 0.632. The summed E-state index contributed by atoms with van der Waals surface area (Å²) in [6.45, 7) is 2.75. The Labute approximate surface area is 113 Å². The zero-order valence-electron chi connectivity index (χ0n) is 9.86. The molecule has 0 saturated heterocycles. The fourth-order valence-corrected chi connectivity index (χ4v) is 1.63. The van der Waals surface area contributed by atoms with E-state index in [0.29, 0.717) is 17.5 Å². The van der Waals surface area contributed by atoms with Gasteiger partial charge in [0.15, 0.2) is 0 Å². The van der Waals surface area contributed by atoms with Crippen LogP contribution in [-0.2, 0) is 0 Å². The Kier molecular flexibility index (Phi) is 8.22. The van der Waals surface area contributed by atoms with Crippen LogP contribution in [0.5, 0.6) is 5.88 Å². The van der Waals surface area contributed by atoms with Crippen molar-refractivity contribution < 1.29 is 4.74 Å². The van der Waals surface area contributed by atoms with E-state index in [4.69, 9.17) is 16.3 Å². The molecule has 1 heterocycles. The summed E-state index contributed by atoms with van der Waals surface area (Å²) in [7, 11) is 0. The minimum Gasteiger partial charge on any atom is -0.478 e. The molecule has 0 radical (unpaired) electrons. The number of halogens is 1. The van der Waals surface area contributed by atoms with Crippen LogP contribution in [0, 0.1) is 0 Å². The number of nitrogens with one attached hydrogen (secondary N) is 1. The first-order valence-electron chi connectivity index (χ1n) is 5.89. The number of unbranched alkanes of at least 4 members (excludes halogenated alkanes) is 2. The van der Waals surface area contributed by atoms with Gasteiger partial charge in [0.25, 0.3) is 0 Å². The first-order valence-corrected chi connectivity index (χ1v) is 6.90. The normalized spacial score (nSPS) is 10.5. The Bertz CT molecular complexity index is 295. The maximum atomic E-state index is 5.73. The average molecular weight is 275 g/mol. The fourth-order valence-electron chi connectivity index (χ4n) is 1.36. The molecule has 0 aliphatic heterocycles. The summed E-state index contributed by atoms with van der Waals surface area (Å²) in [6.07, 6.45) is 4.98. The summed E-state index contributed by atoms with van der Waals surface area (Å²) in [5.74, 6) is 1.54. The van der Waals surface area contributed by atoms with E-state index in [1.165, 1.54) is 6.42 Å². The van der Waals surface area contributed by atoms with Gasteiger partial charge in [-0.2, -0.15) is 12.6 Å². The molecule has 5 heteroatoms. The highest BCUT2D eigenvalue weighted by Gasteiger charge is 1.95. The lowest BCUT2D eigenvalue weighted by atomic mass is 10.2. The van der Waals surface area contributed by atoms with E-state index in [0.717, 1.165) is 31.7 Å². The Morgan fingerprint density at radius 2 is 2.12 bits per heavy atom. The van der Waals surface area contributed by atoms with E-state index in [-0.39, 0.29) is 0 Å². The molecule has 0 bridgehead atoms. The number of nitrogens with zero attached hydrogens (tertiary/aromatic N) is 1. The molecule has 0 fully saturated rings. The summed E-state index contributed by atoms with van der Waals surface area (Å²) in [5.41, 5.74) is 0. The number of ether oxygens (including phenoxy) is 1. The van der Waals surface area contributed by atoms with Gasteiger partial charge < -0.3 is 10.1 Å². The van der Waals surface area contributed by atoms with Crippen LogP contribution >= 0.6 is 24.2 Å².